The number of carbonyl (C=O) groups excluding carboxylic acids is 1. The van der Waals surface area contributed by atoms with E-state index in [4.69, 9.17) is 4.74 Å². The summed E-state index contributed by atoms with van der Waals surface area (Å²) in [6.07, 6.45) is 2.89. The van der Waals surface area contributed by atoms with E-state index in [2.05, 4.69) is 36.9 Å². The lowest BCUT2D eigenvalue weighted by molar-refractivity contribution is -0.133. The Morgan fingerprint density at radius 2 is 1.83 bits per heavy atom. The number of nitrogens with zero attached hydrogens (tertiary/aromatic N) is 2. The molecular weight excluding hydrogens is 288 g/mol. The third kappa shape index (κ3) is 4.25. The van der Waals surface area contributed by atoms with Crippen molar-refractivity contribution in [2.45, 2.75) is 33.1 Å². The molecule has 0 spiro atoms. The lowest BCUT2D eigenvalue weighted by Crippen LogP contribution is -2.49. The SMILES string of the molecule is Cc1cc(C)cc(N2CCN(C(=O)CC3CCCOC3)CC2)c1. The van der Waals surface area contributed by atoms with Gasteiger partial charge in [0.2, 0.25) is 5.91 Å². The molecule has 1 amide bonds. The number of hydrogen-bond donors (Lipinski definition) is 0. The van der Waals surface area contributed by atoms with E-state index in [0.29, 0.717) is 18.2 Å². The Morgan fingerprint density at radius 1 is 1.13 bits per heavy atom. The van der Waals surface area contributed by atoms with Gasteiger partial charge in [-0.1, -0.05) is 6.07 Å². The molecule has 0 bridgehead atoms. The van der Waals surface area contributed by atoms with Gasteiger partial charge in [0.1, 0.15) is 0 Å². The minimum Gasteiger partial charge on any atom is -0.381 e. The molecule has 0 N–H and O–H groups in total. The van der Waals surface area contributed by atoms with Gasteiger partial charge >= 0.3 is 0 Å². The van der Waals surface area contributed by atoms with Gasteiger partial charge in [0.15, 0.2) is 0 Å². The summed E-state index contributed by atoms with van der Waals surface area (Å²) >= 11 is 0. The fourth-order valence-electron chi connectivity index (χ4n) is 3.69. The zero-order valence-corrected chi connectivity index (χ0v) is 14.4. The molecular formula is C19H28N2O2. The summed E-state index contributed by atoms with van der Waals surface area (Å²) in [5.74, 6) is 0.731. The number of ether oxygens (including phenoxy) is 1. The van der Waals surface area contributed by atoms with Gasteiger partial charge in [0, 0.05) is 51.5 Å². The molecule has 4 heteroatoms. The van der Waals surface area contributed by atoms with Gasteiger partial charge in [-0.05, 0) is 55.9 Å². The number of carbonyl (C=O) groups is 1. The molecule has 0 aromatic heterocycles. The third-order valence-corrected chi connectivity index (χ3v) is 4.92. The average molecular weight is 316 g/mol. The fourth-order valence-corrected chi connectivity index (χ4v) is 3.69. The smallest absolute Gasteiger partial charge is 0.223 e. The van der Waals surface area contributed by atoms with Crippen LogP contribution in [0.3, 0.4) is 0 Å². The predicted octanol–water partition coefficient (Wildman–Crippen LogP) is 2.77. The van der Waals surface area contributed by atoms with E-state index in [1.165, 1.54) is 16.8 Å². The van der Waals surface area contributed by atoms with Crippen LogP contribution in [-0.2, 0) is 9.53 Å². The Balaban J connectivity index is 1.52. The molecule has 1 aromatic carbocycles. The Hall–Kier alpha value is -1.55. The molecule has 4 nitrogen and oxygen atoms in total. The highest BCUT2D eigenvalue weighted by Crippen LogP contribution is 2.22. The maximum absolute atomic E-state index is 12.5. The molecule has 0 radical (unpaired) electrons. The normalized spacial score (nSPS) is 22.3. The Kier molecular flexibility index (Phi) is 5.21. The van der Waals surface area contributed by atoms with Crippen molar-refractivity contribution in [2.75, 3.05) is 44.3 Å². The first-order valence-electron chi connectivity index (χ1n) is 8.80. The third-order valence-electron chi connectivity index (χ3n) is 4.92. The minimum atomic E-state index is 0.306. The second kappa shape index (κ2) is 7.35. The largest absolute Gasteiger partial charge is 0.381 e. The van der Waals surface area contributed by atoms with E-state index in [1.54, 1.807) is 0 Å². The molecule has 2 aliphatic heterocycles. The minimum absolute atomic E-state index is 0.306. The number of piperazine rings is 1. The molecule has 0 saturated carbocycles. The summed E-state index contributed by atoms with van der Waals surface area (Å²) < 4.78 is 5.49. The molecule has 1 unspecified atom stereocenters. The van der Waals surface area contributed by atoms with E-state index < -0.39 is 0 Å². The van der Waals surface area contributed by atoms with Gasteiger partial charge in [-0.15, -0.1) is 0 Å². The van der Waals surface area contributed by atoms with E-state index >= 15 is 0 Å². The number of amides is 1. The summed E-state index contributed by atoms with van der Waals surface area (Å²) in [6, 6.07) is 6.68. The van der Waals surface area contributed by atoms with Crippen molar-refractivity contribution in [3.05, 3.63) is 29.3 Å². The van der Waals surface area contributed by atoms with Gasteiger partial charge in [-0.2, -0.15) is 0 Å². The first-order valence-corrected chi connectivity index (χ1v) is 8.80. The number of anilines is 1. The average Bonchev–Trinajstić information content (AvgIpc) is 2.55. The summed E-state index contributed by atoms with van der Waals surface area (Å²) in [6.45, 7) is 9.42. The van der Waals surface area contributed by atoms with Crippen molar-refractivity contribution in [2.24, 2.45) is 5.92 Å². The van der Waals surface area contributed by atoms with Crippen molar-refractivity contribution in [3.63, 3.8) is 0 Å². The van der Waals surface area contributed by atoms with Crippen LogP contribution in [0, 0.1) is 19.8 Å². The maximum atomic E-state index is 12.5. The zero-order chi connectivity index (χ0) is 16.2. The number of benzene rings is 1. The van der Waals surface area contributed by atoms with Crippen molar-refractivity contribution < 1.29 is 9.53 Å². The molecule has 3 rings (SSSR count). The van der Waals surface area contributed by atoms with Gasteiger partial charge < -0.3 is 14.5 Å². The molecule has 23 heavy (non-hydrogen) atoms. The van der Waals surface area contributed by atoms with Crippen LogP contribution in [0.5, 0.6) is 0 Å². The van der Waals surface area contributed by atoms with Crippen molar-refractivity contribution in [1.82, 2.24) is 4.90 Å². The van der Waals surface area contributed by atoms with Crippen LogP contribution in [0.4, 0.5) is 5.69 Å². The standard InChI is InChI=1S/C19H28N2O2/c1-15-10-16(2)12-18(11-15)20-5-7-21(8-6-20)19(22)13-17-4-3-9-23-14-17/h10-12,17H,3-9,13-14H2,1-2H3. The summed E-state index contributed by atoms with van der Waals surface area (Å²) in [5, 5.41) is 0. The van der Waals surface area contributed by atoms with Gasteiger partial charge in [0.05, 0.1) is 0 Å². The molecule has 126 valence electrons. The molecule has 1 aromatic rings. The van der Waals surface area contributed by atoms with E-state index in [0.717, 1.165) is 52.2 Å². The van der Waals surface area contributed by atoms with Crippen molar-refractivity contribution in [3.8, 4) is 0 Å². The lowest BCUT2D eigenvalue weighted by atomic mass is 9.98. The molecule has 1 atom stereocenters. The Labute approximate surface area is 139 Å². The van der Waals surface area contributed by atoms with Crippen LogP contribution in [0.1, 0.15) is 30.4 Å². The Morgan fingerprint density at radius 3 is 2.43 bits per heavy atom. The zero-order valence-electron chi connectivity index (χ0n) is 14.4. The van der Waals surface area contributed by atoms with Gasteiger partial charge in [-0.3, -0.25) is 4.79 Å². The summed E-state index contributed by atoms with van der Waals surface area (Å²) in [5.41, 5.74) is 3.89. The molecule has 2 heterocycles. The maximum Gasteiger partial charge on any atom is 0.223 e. The highest BCUT2D eigenvalue weighted by Gasteiger charge is 2.25. The van der Waals surface area contributed by atoms with Crippen LogP contribution in [0.25, 0.3) is 0 Å². The van der Waals surface area contributed by atoms with Crippen LogP contribution >= 0.6 is 0 Å². The van der Waals surface area contributed by atoms with Crippen LogP contribution < -0.4 is 4.90 Å². The van der Waals surface area contributed by atoms with Gasteiger partial charge in [-0.25, -0.2) is 0 Å². The second-order valence-electron chi connectivity index (χ2n) is 7.00. The summed E-state index contributed by atoms with van der Waals surface area (Å²) in [7, 11) is 0. The van der Waals surface area contributed by atoms with E-state index in [1.807, 2.05) is 4.90 Å². The van der Waals surface area contributed by atoms with E-state index in [-0.39, 0.29) is 0 Å². The number of aryl methyl sites for hydroxylation is 2. The number of rotatable bonds is 3. The van der Waals surface area contributed by atoms with Crippen molar-refractivity contribution in [1.29, 1.82) is 0 Å². The quantitative estimate of drug-likeness (QED) is 0.859. The molecule has 2 aliphatic rings. The summed E-state index contributed by atoms with van der Waals surface area (Å²) in [4.78, 5) is 16.9. The van der Waals surface area contributed by atoms with Crippen molar-refractivity contribution >= 4 is 11.6 Å². The van der Waals surface area contributed by atoms with Gasteiger partial charge in [0.25, 0.3) is 0 Å². The number of hydrogen-bond acceptors (Lipinski definition) is 3. The lowest BCUT2D eigenvalue weighted by Gasteiger charge is -2.37. The topological polar surface area (TPSA) is 32.8 Å². The van der Waals surface area contributed by atoms with Crippen LogP contribution in [0.15, 0.2) is 18.2 Å². The highest BCUT2D eigenvalue weighted by atomic mass is 16.5. The predicted molar refractivity (Wildman–Crippen MR) is 92.9 cm³/mol. The van der Waals surface area contributed by atoms with Crippen LogP contribution in [-0.4, -0.2) is 50.2 Å². The highest BCUT2D eigenvalue weighted by molar-refractivity contribution is 5.76. The first kappa shape index (κ1) is 16.3. The molecule has 2 fully saturated rings. The Bertz CT molecular complexity index is 524. The van der Waals surface area contributed by atoms with Crippen LogP contribution in [0.2, 0.25) is 0 Å². The first-order chi connectivity index (χ1) is 11.1. The fraction of sp³-hybridized carbons (Fsp3) is 0.632. The monoisotopic (exact) mass is 316 g/mol. The second-order valence-corrected chi connectivity index (χ2v) is 7.00. The van der Waals surface area contributed by atoms with E-state index in [9.17, 15) is 4.79 Å². The molecule has 2 saturated heterocycles. The molecule has 0 aliphatic carbocycles.